The number of anilines is 3. The molecule has 4 bridgehead atoms. The summed E-state index contributed by atoms with van der Waals surface area (Å²) in [5, 5.41) is 4.83. The Morgan fingerprint density at radius 2 is 1.60 bits per heavy atom. The normalized spacial score (nSPS) is 17.8. The summed E-state index contributed by atoms with van der Waals surface area (Å²) in [6, 6.07) is 10.3. The topological polar surface area (TPSA) is 174 Å². The number of likely N-dealkylation sites (N-methyl/N-ethyl adjacent to an activating group) is 1. The predicted octanol–water partition coefficient (Wildman–Crippen LogP) is 8.91. The number of carbonyl (C=O) groups excluding carboxylic acids is 4. The minimum absolute atomic E-state index is 0.0503. The maximum Gasteiger partial charge on any atom is 0.425 e. The van der Waals surface area contributed by atoms with Crippen molar-refractivity contribution in [3.63, 3.8) is 0 Å². The maximum absolute atomic E-state index is 16.5. The van der Waals surface area contributed by atoms with Gasteiger partial charge in [0, 0.05) is 37.1 Å². The molecule has 60 heavy (non-hydrogen) atoms. The molecule has 1 saturated carbocycles. The number of halogens is 2. The van der Waals surface area contributed by atoms with Crippen LogP contribution >= 0.6 is 0 Å². The van der Waals surface area contributed by atoms with Gasteiger partial charge in [0.1, 0.15) is 33.8 Å². The molecule has 320 valence electrons. The van der Waals surface area contributed by atoms with Crippen LogP contribution in [-0.4, -0.2) is 72.6 Å². The van der Waals surface area contributed by atoms with Gasteiger partial charge < -0.3 is 24.4 Å². The van der Waals surface area contributed by atoms with Gasteiger partial charge in [-0.05, 0) is 119 Å². The van der Waals surface area contributed by atoms with Crippen LogP contribution in [0.25, 0.3) is 10.8 Å². The molecule has 17 heteroatoms. The molecule has 1 fully saturated rings. The van der Waals surface area contributed by atoms with Crippen molar-refractivity contribution < 1.29 is 50.6 Å². The van der Waals surface area contributed by atoms with E-state index in [4.69, 9.17) is 14.2 Å². The van der Waals surface area contributed by atoms with Crippen molar-refractivity contribution in [2.45, 2.75) is 108 Å². The first-order valence-corrected chi connectivity index (χ1v) is 20.9. The van der Waals surface area contributed by atoms with Gasteiger partial charge in [-0.3, -0.25) is 10.1 Å². The van der Waals surface area contributed by atoms with E-state index in [1.807, 2.05) is 13.8 Å². The average molecular weight is 850 g/mol. The lowest BCUT2D eigenvalue weighted by molar-refractivity contribution is -0.131. The van der Waals surface area contributed by atoms with Gasteiger partial charge in [0.25, 0.3) is 0 Å². The summed E-state index contributed by atoms with van der Waals surface area (Å²) < 4.78 is 75.9. The highest BCUT2D eigenvalue weighted by Gasteiger charge is 2.41. The number of amides is 4. The number of hydrogen-bond donors (Lipinski definition) is 2. The van der Waals surface area contributed by atoms with Crippen molar-refractivity contribution in [1.82, 2.24) is 9.88 Å². The second-order valence-corrected chi connectivity index (χ2v) is 19.4. The number of imide groups is 1. The van der Waals surface area contributed by atoms with Crippen LogP contribution in [0, 0.1) is 18.6 Å². The lowest BCUT2D eigenvalue weighted by Gasteiger charge is -2.29. The Morgan fingerprint density at radius 3 is 2.20 bits per heavy atom. The van der Waals surface area contributed by atoms with Crippen molar-refractivity contribution in [1.29, 1.82) is 0 Å². The molecule has 3 heterocycles. The lowest BCUT2D eigenvalue weighted by Crippen LogP contribution is -2.44. The van der Waals surface area contributed by atoms with Crippen LogP contribution in [0.1, 0.15) is 95.5 Å². The number of nitrogens with zero attached hydrogens (tertiary/aromatic N) is 3. The number of pyridine rings is 1. The van der Waals surface area contributed by atoms with E-state index in [0.717, 1.165) is 23.3 Å². The molecule has 1 aliphatic carbocycles. The van der Waals surface area contributed by atoms with E-state index in [1.165, 1.54) is 36.3 Å². The number of sulfone groups is 1. The number of aromatic nitrogens is 1. The van der Waals surface area contributed by atoms with Gasteiger partial charge in [0.2, 0.25) is 5.91 Å². The smallest absolute Gasteiger partial charge is 0.425 e. The van der Waals surface area contributed by atoms with Gasteiger partial charge in [0.05, 0.1) is 17.2 Å². The summed E-state index contributed by atoms with van der Waals surface area (Å²) in [4.78, 5) is 59.8. The largest absolute Gasteiger partial charge is 0.449 e. The zero-order valence-corrected chi connectivity index (χ0v) is 35.8. The number of rotatable bonds is 5. The van der Waals surface area contributed by atoms with Gasteiger partial charge in [-0.2, -0.15) is 4.90 Å². The molecule has 2 atom stereocenters. The van der Waals surface area contributed by atoms with Crippen LogP contribution in [0.15, 0.2) is 59.6 Å². The first-order valence-electron chi connectivity index (χ1n) is 19.4. The second-order valence-electron chi connectivity index (χ2n) is 17.2. The zero-order valence-electron chi connectivity index (χ0n) is 34.9. The van der Waals surface area contributed by atoms with E-state index < -0.39 is 73.0 Å². The molecule has 4 aromatic rings. The van der Waals surface area contributed by atoms with E-state index >= 15 is 8.78 Å². The van der Waals surface area contributed by atoms with Crippen molar-refractivity contribution in [3.05, 3.63) is 88.6 Å². The summed E-state index contributed by atoms with van der Waals surface area (Å²) >= 11 is 0. The first kappa shape index (κ1) is 43.7. The zero-order chi connectivity index (χ0) is 44.1. The molecule has 0 unspecified atom stereocenters. The fourth-order valence-electron chi connectivity index (χ4n) is 6.95. The van der Waals surface area contributed by atoms with Crippen LogP contribution in [0.3, 0.4) is 0 Å². The Balaban J connectivity index is 1.45. The SMILES string of the molecule is Cc1cc2ccc1[C@@H](C)COC(=O)Nc1cc(F)c(S(=O)(=O)C3CC3)c(c1)CN(C)C(=O)[C@@H]2Nc1cc(F)c2c(N(C(=O)OC(C)(C)C)C(=O)OC(C)(C)C)nccc2c1. The minimum Gasteiger partial charge on any atom is -0.449 e. The molecule has 4 amide bonds. The molecule has 3 aliphatic rings. The monoisotopic (exact) mass is 849 g/mol. The molecule has 0 spiro atoms. The Bertz CT molecular complexity index is 2470. The molecular formula is C43H49F2N5O9S. The molecular weight excluding hydrogens is 801 g/mol. The predicted molar refractivity (Wildman–Crippen MR) is 221 cm³/mol. The van der Waals surface area contributed by atoms with Crippen LogP contribution in [-0.2, 0) is 35.4 Å². The van der Waals surface area contributed by atoms with Crippen LogP contribution < -0.4 is 15.5 Å². The summed E-state index contributed by atoms with van der Waals surface area (Å²) in [5.41, 5.74) is -0.0478. The third-order valence-corrected chi connectivity index (χ3v) is 12.1. The summed E-state index contributed by atoms with van der Waals surface area (Å²) in [6.45, 7) is 12.9. The third-order valence-electron chi connectivity index (χ3n) is 9.74. The highest BCUT2D eigenvalue weighted by Crippen LogP contribution is 2.39. The Morgan fingerprint density at radius 1 is 0.950 bits per heavy atom. The van der Waals surface area contributed by atoms with E-state index in [2.05, 4.69) is 15.6 Å². The molecule has 2 N–H and O–H groups in total. The summed E-state index contributed by atoms with van der Waals surface area (Å²) in [7, 11) is -2.70. The first-order chi connectivity index (χ1) is 27.9. The summed E-state index contributed by atoms with van der Waals surface area (Å²) in [6.07, 6.45) is -1.14. The van der Waals surface area contributed by atoms with Crippen molar-refractivity contribution in [2.24, 2.45) is 0 Å². The second kappa shape index (κ2) is 16.3. The number of ether oxygens (including phenoxy) is 3. The Hall–Kier alpha value is -5.84. The fraction of sp³-hybridized carbons (Fsp3) is 0.419. The Kier molecular flexibility index (Phi) is 11.9. The van der Waals surface area contributed by atoms with Crippen molar-refractivity contribution >= 4 is 62.0 Å². The van der Waals surface area contributed by atoms with Gasteiger partial charge in [-0.15, -0.1) is 0 Å². The Labute approximate surface area is 347 Å². The van der Waals surface area contributed by atoms with Crippen LogP contribution in [0.5, 0.6) is 0 Å². The lowest BCUT2D eigenvalue weighted by atomic mass is 9.93. The van der Waals surface area contributed by atoms with Crippen LogP contribution in [0.4, 0.5) is 40.4 Å². The quantitative estimate of drug-likeness (QED) is 0.184. The van der Waals surface area contributed by atoms with E-state index in [1.54, 1.807) is 59.7 Å². The third kappa shape index (κ3) is 9.61. The molecule has 0 saturated heterocycles. The van der Waals surface area contributed by atoms with Gasteiger partial charge in [0.15, 0.2) is 15.7 Å². The number of nitrogens with one attached hydrogen (secondary N) is 2. The highest BCUT2D eigenvalue weighted by atomic mass is 32.2. The molecule has 0 radical (unpaired) electrons. The number of aryl methyl sites for hydroxylation is 1. The molecule has 2 aliphatic heterocycles. The van der Waals surface area contributed by atoms with E-state index in [-0.39, 0.29) is 52.6 Å². The van der Waals surface area contributed by atoms with Crippen molar-refractivity contribution in [2.75, 3.05) is 29.2 Å². The molecule has 7 rings (SSSR count). The molecule has 1 aromatic heterocycles. The van der Waals surface area contributed by atoms with E-state index in [0.29, 0.717) is 23.3 Å². The van der Waals surface area contributed by atoms with Gasteiger partial charge in [-0.25, -0.2) is 36.6 Å². The molecule has 3 aromatic carbocycles. The number of benzene rings is 3. The minimum atomic E-state index is -4.13. The van der Waals surface area contributed by atoms with Gasteiger partial charge >= 0.3 is 18.3 Å². The average Bonchev–Trinajstić information content (AvgIpc) is 3.97. The maximum atomic E-state index is 16.5. The van der Waals surface area contributed by atoms with Gasteiger partial charge in [-0.1, -0.05) is 25.1 Å². The van der Waals surface area contributed by atoms with Crippen LogP contribution in [0.2, 0.25) is 0 Å². The highest BCUT2D eigenvalue weighted by molar-refractivity contribution is 7.92. The number of fused-ring (bicyclic) bond motifs is 10. The summed E-state index contributed by atoms with van der Waals surface area (Å²) in [5.74, 6) is -3.27. The van der Waals surface area contributed by atoms with E-state index in [9.17, 15) is 27.6 Å². The molecule has 14 nitrogen and oxygen atoms in total. The fourth-order valence-corrected chi connectivity index (χ4v) is 8.86. The van der Waals surface area contributed by atoms with Crippen molar-refractivity contribution in [3.8, 4) is 0 Å². The number of carbonyl (C=O) groups is 4. The standard InChI is InChI=1S/C43H49F2N5O9S/c1-23-16-26-10-13-31(23)24(2)22-57-39(52)48-29-18-27(36(33(45)20-29)60(55,56)30-11-12-30)21-49(9)38(51)35(26)47-28-17-25-14-15-46-37(34(25)32(44)19-28)50(40(53)58-42(3,4)5)41(54)59-43(6,7)8/h10,13-20,24,30,35,47H,11-12,21-22H2,1-9H3,(H,48,52)/t24-,35+/m0/s1. The number of hydrogen-bond acceptors (Lipinski definition) is 11.